The Morgan fingerprint density at radius 2 is 2.43 bits per heavy atom. The van der Waals surface area contributed by atoms with Crippen LogP contribution in [-0.2, 0) is 6.54 Å². The van der Waals surface area contributed by atoms with E-state index in [4.69, 9.17) is 21.3 Å². The number of nitrogens with zero attached hydrogens (tertiary/aromatic N) is 2. The zero-order valence-corrected chi connectivity index (χ0v) is 9.08. The quantitative estimate of drug-likeness (QED) is 0.718. The molecular formula is C10H13ClN2O. The van der Waals surface area contributed by atoms with Crippen molar-refractivity contribution in [3.05, 3.63) is 23.7 Å². The van der Waals surface area contributed by atoms with Crippen LogP contribution in [0.3, 0.4) is 0 Å². The van der Waals surface area contributed by atoms with Crippen LogP contribution in [0.5, 0.6) is 0 Å². The molecule has 0 saturated heterocycles. The second kappa shape index (κ2) is 5.04. The molecule has 0 saturated carbocycles. The van der Waals surface area contributed by atoms with Crippen LogP contribution in [0.15, 0.2) is 16.7 Å². The van der Waals surface area contributed by atoms with Gasteiger partial charge >= 0.3 is 0 Å². The first-order valence-corrected chi connectivity index (χ1v) is 4.82. The van der Waals surface area contributed by atoms with Crippen LogP contribution in [0.2, 0.25) is 0 Å². The molecule has 0 aromatic carbocycles. The summed E-state index contributed by atoms with van der Waals surface area (Å²) in [5, 5.41) is 8.09. The normalized spacial score (nSPS) is 12.8. The molecule has 0 bridgehead atoms. The van der Waals surface area contributed by atoms with Gasteiger partial charge < -0.3 is 4.42 Å². The number of aryl methyl sites for hydroxylation is 1. The molecule has 3 nitrogen and oxygen atoms in total. The average Bonchev–Trinajstić information content (AvgIpc) is 2.51. The second-order valence-corrected chi connectivity index (χ2v) is 3.82. The molecule has 1 rings (SSSR count). The highest BCUT2D eigenvalue weighted by molar-refractivity contribution is 6.22. The Balaban J connectivity index is 2.46. The van der Waals surface area contributed by atoms with Gasteiger partial charge in [0.1, 0.15) is 11.1 Å². The van der Waals surface area contributed by atoms with Crippen molar-refractivity contribution < 1.29 is 4.42 Å². The summed E-state index contributed by atoms with van der Waals surface area (Å²) in [6.45, 7) is 3.24. The SMILES string of the molecule is Cc1occc1CN(C)CC(Cl)C#N. The van der Waals surface area contributed by atoms with Gasteiger partial charge in [-0.25, -0.2) is 0 Å². The summed E-state index contributed by atoms with van der Waals surface area (Å²) in [7, 11) is 1.93. The third kappa shape index (κ3) is 3.06. The Labute approximate surface area is 88.9 Å². The van der Waals surface area contributed by atoms with E-state index in [0.29, 0.717) is 6.54 Å². The summed E-state index contributed by atoms with van der Waals surface area (Å²) in [5.41, 5.74) is 1.13. The predicted octanol–water partition coefficient (Wildman–Crippen LogP) is 2.15. The van der Waals surface area contributed by atoms with Crippen molar-refractivity contribution in [2.75, 3.05) is 13.6 Å². The number of furan rings is 1. The van der Waals surface area contributed by atoms with E-state index >= 15 is 0 Å². The van der Waals surface area contributed by atoms with E-state index in [2.05, 4.69) is 0 Å². The van der Waals surface area contributed by atoms with E-state index in [-0.39, 0.29) is 0 Å². The number of nitriles is 1. The molecule has 0 amide bonds. The molecule has 4 heteroatoms. The molecule has 0 aliphatic rings. The van der Waals surface area contributed by atoms with Crippen LogP contribution < -0.4 is 0 Å². The molecule has 1 unspecified atom stereocenters. The summed E-state index contributed by atoms with van der Waals surface area (Å²) < 4.78 is 5.17. The Morgan fingerprint density at radius 3 is 2.93 bits per heavy atom. The van der Waals surface area contributed by atoms with E-state index in [0.717, 1.165) is 17.9 Å². The molecule has 0 radical (unpaired) electrons. The molecule has 76 valence electrons. The van der Waals surface area contributed by atoms with Gasteiger partial charge in [-0.15, -0.1) is 11.6 Å². The van der Waals surface area contributed by atoms with Crippen LogP contribution in [0.4, 0.5) is 0 Å². The fourth-order valence-electron chi connectivity index (χ4n) is 1.25. The minimum Gasteiger partial charge on any atom is -0.469 e. The van der Waals surface area contributed by atoms with Crippen LogP contribution in [0, 0.1) is 18.3 Å². The van der Waals surface area contributed by atoms with Gasteiger partial charge in [0, 0.05) is 18.7 Å². The van der Waals surface area contributed by atoms with Crippen molar-refractivity contribution in [1.29, 1.82) is 5.26 Å². The first-order valence-electron chi connectivity index (χ1n) is 4.38. The first-order chi connectivity index (χ1) is 6.63. The Morgan fingerprint density at radius 1 is 1.71 bits per heavy atom. The van der Waals surface area contributed by atoms with Crippen molar-refractivity contribution in [2.24, 2.45) is 0 Å². The van der Waals surface area contributed by atoms with Gasteiger partial charge in [0.15, 0.2) is 0 Å². The summed E-state index contributed by atoms with van der Waals surface area (Å²) in [6.07, 6.45) is 1.67. The molecule has 0 fully saturated rings. The number of alkyl halides is 1. The molecule has 0 spiro atoms. The second-order valence-electron chi connectivity index (χ2n) is 3.30. The van der Waals surface area contributed by atoms with Gasteiger partial charge in [0.05, 0.1) is 12.3 Å². The lowest BCUT2D eigenvalue weighted by atomic mass is 10.2. The number of halogens is 1. The molecule has 1 aromatic heterocycles. The van der Waals surface area contributed by atoms with Crippen molar-refractivity contribution >= 4 is 11.6 Å². The average molecular weight is 213 g/mol. The highest BCUT2D eigenvalue weighted by Crippen LogP contribution is 2.11. The van der Waals surface area contributed by atoms with Crippen LogP contribution in [-0.4, -0.2) is 23.9 Å². The van der Waals surface area contributed by atoms with Gasteiger partial charge in [-0.2, -0.15) is 5.26 Å². The zero-order chi connectivity index (χ0) is 10.6. The van der Waals surface area contributed by atoms with E-state index in [1.807, 2.05) is 31.0 Å². The van der Waals surface area contributed by atoms with Gasteiger partial charge in [-0.05, 0) is 20.0 Å². The number of hydrogen-bond acceptors (Lipinski definition) is 3. The molecule has 0 aliphatic carbocycles. The molecule has 14 heavy (non-hydrogen) atoms. The summed E-state index contributed by atoms with van der Waals surface area (Å²) in [6, 6.07) is 3.92. The van der Waals surface area contributed by atoms with Crippen molar-refractivity contribution in [2.45, 2.75) is 18.8 Å². The molecule has 1 atom stereocenters. The Kier molecular flexibility index (Phi) is 3.99. The summed E-state index contributed by atoms with van der Waals surface area (Å²) >= 11 is 5.71. The lowest BCUT2D eigenvalue weighted by Crippen LogP contribution is -2.25. The van der Waals surface area contributed by atoms with E-state index in [9.17, 15) is 0 Å². The van der Waals surface area contributed by atoms with Crippen LogP contribution in [0.1, 0.15) is 11.3 Å². The molecular weight excluding hydrogens is 200 g/mol. The maximum absolute atomic E-state index is 8.54. The van der Waals surface area contributed by atoms with Crippen molar-refractivity contribution in [3.63, 3.8) is 0 Å². The van der Waals surface area contributed by atoms with Gasteiger partial charge in [0.25, 0.3) is 0 Å². The summed E-state index contributed by atoms with van der Waals surface area (Å²) in [5.74, 6) is 0.917. The maximum atomic E-state index is 8.54. The maximum Gasteiger partial charge on any atom is 0.133 e. The van der Waals surface area contributed by atoms with E-state index in [1.54, 1.807) is 6.26 Å². The lowest BCUT2D eigenvalue weighted by Gasteiger charge is -2.15. The minimum atomic E-state index is -0.452. The van der Waals surface area contributed by atoms with Crippen molar-refractivity contribution in [1.82, 2.24) is 4.90 Å². The van der Waals surface area contributed by atoms with Crippen LogP contribution in [0.25, 0.3) is 0 Å². The largest absolute Gasteiger partial charge is 0.469 e. The highest BCUT2D eigenvalue weighted by Gasteiger charge is 2.09. The topological polar surface area (TPSA) is 40.2 Å². The number of hydrogen-bond donors (Lipinski definition) is 0. The first kappa shape index (κ1) is 11.1. The minimum absolute atomic E-state index is 0.452. The summed E-state index contributed by atoms with van der Waals surface area (Å²) in [4.78, 5) is 2.00. The van der Waals surface area contributed by atoms with Gasteiger partial charge in [-0.3, -0.25) is 4.90 Å². The third-order valence-electron chi connectivity index (χ3n) is 2.02. The van der Waals surface area contributed by atoms with Crippen LogP contribution >= 0.6 is 11.6 Å². The molecule has 0 aliphatic heterocycles. The third-order valence-corrected chi connectivity index (χ3v) is 2.25. The monoisotopic (exact) mass is 212 g/mol. The predicted molar refractivity (Wildman–Crippen MR) is 55.0 cm³/mol. The standard InChI is InChI=1S/C10H13ClN2O/c1-8-9(3-4-14-8)6-13(2)7-10(11)5-12/h3-4,10H,6-7H2,1-2H3. The fourth-order valence-corrected chi connectivity index (χ4v) is 1.48. The Hall–Kier alpha value is -0.980. The smallest absolute Gasteiger partial charge is 0.133 e. The lowest BCUT2D eigenvalue weighted by molar-refractivity contribution is 0.334. The zero-order valence-electron chi connectivity index (χ0n) is 8.33. The molecule has 0 N–H and O–H groups in total. The van der Waals surface area contributed by atoms with Gasteiger partial charge in [-0.1, -0.05) is 0 Å². The molecule has 1 heterocycles. The van der Waals surface area contributed by atoms with E-state index in [1.165, 1.54) is 0 Å². The van der Waals surface area contributed by atoms with E-state index < -0.39 is 5.38 Å². The van der Waals surface area contributed by atoms with Crippen molar-refractivity contribution in [3.8, 4) is 6.07 Å². The number of rotatable bonds is 4. The van der Waals surface area contributed by atoms with Gasteiger partial charge in [0.2, 0.25) is 0 Å². The Bertz CT molecular complexity index is 329. The highest BCUT2D eigenvalue weighted by atomic mass is 35.5. The fraction of sp³-hybridized carbons (Fsp3) is 0.500. The molecule has 1 aromatic rings.